The summed E-state index contributed by atoms with van der Waals surface area (Å²) in [5, 5.41) is 3.58. The minimum atomic E-state index is -0.652. The molecule has 0 radical (unpaired) electrons. The number of benzene rings is 1. The SMILES string of the molecule is CSc1c(F)ccc(-c2cc(N)on2)c1F. The van der Waals surface area contributed by atoms with Gasteiger partial charge in [0.15, 0.2) is 0 Å². The molecule has 0 amide bonds. The third kappa shape index (κ3) is 1.76. The quantitative estimate of drug-likeness (QED) is 0.822. The van der Waals surface area contributed by atoms with E-state index < -0.39 is 11.6 Å². The van der Waals surface area contributed by atoms with Crippen LogP contribution in [-0.2, 0) is 0 Å². The topological polar surface area (TPSA) is 52.0 Å². The van der Waals surface area contributed by atoms with Gasteiger partial charge in [-0.05, 0) is 18.4 Å². The molecule has 2 N–H and O–H groups in total. The number of rotatable bonds is 2. The van der Waals surface area contributed by atoms with Gasteiger partial charge in [0.05, 0.1) is 4.90 Å². The van der Waals surface area contributed by atoms with Crippen molar-refractivity contribution in [1.82, 2.24) is 5.16 Å². The van der Waals surface area contributed by atoms with Gasteiger partial charge in [-0.15, -0.1) is 11.8 Å². The van der Waals surface area contributed by atoms with Gasteiger partial charge in [-0.25, -0.2) is 8.78 Å². The normalized spacial score (nSPS) is 10.7. The molecule has 0 saturated heterocycles. The summed E-state index contributed by atoms with van der Waals surface area (Å²) in [6.07, 6.45) is 1.60. The van der Waals surface area contributed by atoms with E-state index in [9.17, 15) is 8.78 Å². The predicted octanol–water partition coefficient (Wildman–Crippen LogP) is 2.92. The van der Waals surface area contributed by atoms with Crippen molar-refractivity contribution in [3.8, 4) is 11.3 Å². The summed E-state index contributed by atoms with van der Waals surface area (Å²) in [5.74, 6) is -1.16. The van der Waals surface area contributed by atoms with Crippen molar-refractivity contribution in [2.45, 2.75) is 4.90 Å². The van der Waals surface area contributed by atoms with Crippen molar-refractivity contribution in [1.29, 1.82) is 0 Å². The van der Waals surface area contributed by atoms with E-state index >= 15 is 0 Å². The van der Waals surface area contributed by atoms with Gasteiger partial charge in [-0.2, -0.15) is 0 Å². The average Bonchev–Trinajstić information content (AvgIpc) is 2.65. The largest absolute Gasteiger partial charge is 0.368 e. The van der Waals surface area contributed by atoms with E-state index in [-0.39, 0.29) is 22.0 Å². The number of anilines is 1. The van der Waals surface area contributed by atoms with Crippen LogP contribution in [0.3, 0.4) is 0 Å². The van der Waals surface area contributed by atoms with Crippen molar-refractivity contribution in [2.24, 2.45) is 0 Å². The van der Waals surface area contributed by atoms with Crippen molar-refractivity contribution >= 4 is 17.6 Å². The Bertz CT molecular complexity index is 528. The van der Waals surface area contributed by atoms with Crippen LogP contribution in [0.1, 0.15) is 0 Å². The number of hydrogen-bond acceptors (Lipinski definition) is 4. The lowest BCUT2D eigenvalue weighted by atomic mass is 10.1. The van der Waals surface area contributed by atoms with Gasteiger partial charge in [0.2, 0.25) is 5.88 Å². The molecule has 0 fully saturated rings. The van der Waals surface area contributed by atoms with Gasteiger partial charge in [-0.1, -0.05) is 5.16 Å². The Morgan fingerprint density at radius 3 is 2.69 bits per heavy atom. The zero-order valence-electron chi connectivity index (χ0n) is 8.33. The summed E-state index contributed by atoms with van der Waals surface area (Å²) in [5.41, 5.74) is 5.76. The first kappa shape index (κ1) is 10.9. The number of aromatic nitrogens is 1. The molecular formula is C10H8F2N2OS. The minimum absolute atomic E-state index is 0.0425. The predicted molar refractivity (Wildman–Crippen MR) is 58.0 cm³/mol. The maximum absolute atomic E-state index is 13.8. The molecule has 1 aromatic heterocycles. The highest BCUT2D eigenvalue weighted by molar-refractivity contribution is 7.98. The second kappa shape index (κ2) is 4.13. The molecule has 1 aromatic carbocycles. The average molecular weight is 242 g/mol. The number of nitrogen functional groups attached to an aromatic ring is 1. The van der Waals surface area contributed by atoms with E-state index in [1.54, 1.807) is 6.26 Å². The highest BCUT2D eigenvalue weighted by Gasteiger charge is 2.16. The highest BCUT2D eigenvalue weighted by atomic mass is 32.2. The summed E-state index contributed by atoms with van der Waals surface area (Å²) in [6, 6.07) is 3.89. The van der Waals surface area contributed by atoms with Crippen LogP contribution in [0.25, 0.3) is 11.3 Å². The Labute approximate surface area is 94.6 Å². The number of halogens is 2. The molecule has 16 heavy (non-hydrogen) atoms. The molecule has 6 heteroatoms. The highest BCUT2D eigenvalue weighted by Crippen LogP contribution is 2.31. The summed E-state index contributed by atoms with van der Waals surface area (Å²) in [6.45, 7) is 0. The Hall–Kier alpha value is -1.56. The van der Waals surface area contributed by atoms with Gasteiger partial charge in [0.1, 0.15) is 17.3 Å². The van der Waals surface area contributed by atoms with Crippen LogP contribution in [-0.4, -0.2) is 11.4 Å². The van der Waals surface area contributed by atoms with E-state index in [0.717, 1.165) is 11.8 Å². The van der Waals surface area contributed by atoms with Crippen LogP contribution >= 0.6 is 11.8 Å². The van der Waals surface area contributed by atoms with E-state index in [1.165, 1.54) is 18.2 Å². The summed E-state index contributed by atoms with van der Waals surface area (Å²) >= 11 is 0.998. The van der Waals surface area contributed by atoms with E-state index in [4.69, 9.17) is 5.73 Å². The molecule has 3 nitrogen and oxygen atoms in total. The van der Waals surface area contributed by atoms with Crippen LogP contribution in [0.2, 0.25) is 0 Å². The number of nitrogens with zero attached hydrogens (tertiary/aromatic N) is 1. The summed E-state index contributed by atoms with van der Waals surface area (Å²) in [7, 11) is 0. The van der Waals surface area contributed by atoms with E-state index in [2.05, 4.69) is 9.68 Å². The molecule has 0 aliphatic heterocycles. The Kier molecular flexibility index (Phi) is 2.82. The fourth-order valence-corrected chi connectivity index (χ4v) is 1.89. The molecule has 0 atom stereocenters. The first-order valence-corrected chi connectivity index (χ1v) is 5.60. The zero-order valence-corrected chi connectivity index (χ0v) is 9.15. The third-order valence-corrected chi connectivity index (χ3v) is 2.84. The first-order valence-electron chi connectivity index (χ1n) is 4.38. The van der Waals surface area contributed by atoms with Crippen molar-refractivity contribution in [3.63, 3.8) is 0 Å². The molecule has 0 spiro atoms. The summed E-state index contributed by atoms with van der Waals surface area (Å²) < 4.78 is 31.7. The fourth-order valence-electron chi connectivity index (χ4n) is 1.33. The van der Waals surface area contributed by atoms with E-state index in [0.29, 0.717) is 0 Å². The summed E-state index contributed by atoms with van der Waals surface area (Å²) in [4.78, 5) is -0.0425. The Balaban J connectivity index is 2.58. The fraction of sp³-hybridized carbons (Fsp3) is 0.100. The van der Waals surface area contributed by atoms with Crippen molar-refractivity contribution in [2.75, 3.05) is 12.0 Å². The molecule has 1 heterocycles. The molecule has 84 valence electrons. The second-order valence-electron chi connectivity index (χ2n) is 3.06. The van der Waals surface area contributed by atoms with Crippen LogP contribution in [0, 0.1) is 11.6 Å². The van der Waals surface area contributed by atoms with Crippen molar-refractivity contribution in [3.05, 3.63) is 29.8 Å². The smallest absolute Gasteiger partial charge is 0.222 e. The van der Waals surface area contributed by atoms with Crippen LogP contribution < -0.4 is 5.73 Å². The molecule has 0 aliphatic carbocycles. The lowest BCUT2D eigenvalue weighted by molar-refractivity contribution is 0.438. The molecule has 0 saturated carbocycles. The standard InChI is InChI=1S/C10H8F2N2OS/c1-16-10-6(11)3-2-5(9(10)12)7-4-8(13)15-14-7/h2-4H,13H2,1H3. The maximum atomic E-state index is 13.8. The number of hydrogen-bond donors (Lipinski definition) is 1. The monoisotopic (exact) mass is 242 g/mol. The van der Waals surface area contributed by atoms with Crippen LogP contribution in [0.5, 0.6) is 0 Å². The van der Waals surface area contributed by atoms with Crippen LogP contribution in [0.15, 0.2) is 27.6 Å². The zero-order chi connectivity index (χ0) is 11.7. The van der Waals surface area contributed by atoms with Crippen molar-refractivity contribution < 1.29 is 13.3 Å². The lowest BCUT2D eigenvalue weighted by Gasteiger charge is -2.04. The van der Waals surface area contributed by atoms with Gasteiger partial charge in [-0.3, -0.25) is 0 Å². The number of nitrogens with two attached hydrogens (primary N) is 1. The maximum Gasteiger partial charge on any atom is 0.222 e. The van der Waals surface area contributed by atoms with Gasteiger partial charge < -0.3 is 10.3 Å². The Morgan fingerprint density at radius 1 is 1.38 bits per heavy atom. The molecule has 0 bridgehead atoms. The van der Waals surface area contributed by atoms with Gasteiger partial charge in [0.25, 0.3) is 0 Å². The molecule has 2 rings (SSSR count). The van der Waals surface area contributed by atoms with E-state index in [1.807, 2.05) is 0 Å². The molecule has 0 aliphatic rings. The third-order valence-electron chi connectivity index (χ3n) is 2.06. The second-order valence-corrected chi connectivity index (χ2v) is 3.87. The number of thioether (sulfide) groups is 1. The minimum Gasteiger partial charge on any atom is -0.368 e. The lowest BCUT2D eigenvalue weighted by Crippen LogP contribution is -1.91. The van der Waals surface area contributed by atoms with Crippen LogP contribution in [0.4, 0.5) is 14.7 Å². The van der Waals surface area contributed by atoms with Gasteiger partial charge >= 0.3 is 0 Å². The first-order chi connectivity index (χ1) is 7.63. The Morgan fingerprint density at radius 2 is 2.12 bits per heavy atom. The van der Waals surface area contributed by atoms with Gasteiger partial charge in [0, 0.05) is 11.6 Å². The molecular weight excluding hydrogens is 234 g/mol. The molecule has 0 unspecified atom stereocenters. The molecule has 2 aromatic rings.